The third-order valence-electron chi connectivity index (χ3n) is 6.85. The van der Waals surface area contributed by atoms with Crippen molar-refractivity contribution in [3.05, 3.63) is 82.7 Å². The Balaban J connectivity index is 1.34. The molecule has 160 valence electrons. The van der Waals surface area contributed by atoms with Gasteiger partial charge in [0.1, 0.15) is 0 Å². The van der Waals surface area contributed by atoms with Gasteiger partial charge in [-0.15, -0.1) is 0 Å². The zero-order valence-electron chi connectivity index (χ0n) is 18.7. The monoisotopic (exact) mass is 413 g/mol. The molecule has 0 amide bonds. The molecule has 5 rings (SSSR count). The molecule has 3 aromatic rings. The summed E-state index contributed by atoms with van der Waals surface area (Å²) >= 11 is 0. The Morgan fingerprint density at radius 2 is 1.58 bits per heavy atom. The van der Waals surface area contributed by atoms with Crippen molar-refractivity contribution in [2.24, 2.45) is 5.73 Å². The van der Waals surface area contributed by atoms with E-state index < -0.39 is 0 Å². The Kier molecular flexibility index (Phi) is 4.94. The van der Waals surface area contributed by atoms with Gasteiger partial charge in [0.15, 0.2) is 0 Å². The van der Waals surface area contributed by atoms with E-state index in [9.17, 15) is 0 Å². The van der Waals surface area contributed by atoms with Crippen LogP contribution in [-0.2, 0) is 18.4 Å². The van der Waals surface area contributed by atoms with Crippen molar-refractivity contribution >= 4 is 11.6 Å². The molecule has 5 nitrogen and oxygen atoms in total. The molecule has 0 saturated carbocycles. The van der Waals surface area contributed by atoms with Crippen LogP contribution < -0.4 is 15.5 Å². The molecule has 0 radical (unpaired) electrons. The first-order valence-corrected chi connectivity index (χ1v) is 11.2. The number of hydrogen-bond acceptors (Lipinski definition) is 5. The molecule has 2 N–H and O–H groups in total. The second-order valence-corrected chi connectivity index (χ2v) is 9.52. The number of aromatic nitrogens is 2. The number of hydrogen-bond donors (Lipinski definition) is 1. The first-order valence-electron chi connectivity index (χ1n) is 11.2. The molecule has 0 unspecified atom stereocenters. The Morgan fingerprint density at radius 1 is 0.935 bits per heavy atom. The van der Waals surface area contributed by atoms with E-state index in [0.29, 0.717) is 0 Å². The molecule has 0 aliphatic carbocycles. The molecule has 0 atom stereocenters. The van der Waals surface area contributed by atoms with Crippen molar-refractivity contribution < 1.29 is 0 Å². The van der Waals surface area contributed by atoms with Crippen molar-refractivity contribution in [3.63, 3.8) is 0 Å². The van der Waals surface area contributed by atoms with Crippen molar-refractivity contribution in [1.29, 1.82) is 0 Å². The maximum atomic E-state index is 5.92. The Labute approximate surface area is 184 Å². The quantitative estimate of drug-likeness (QED) is 0.705. The lowest BCUT2D eigenvalue weighted by Crippen LogP contribution is -2.56. The van der Waals surface area contributed by atoms with Crippen LogP contribution >= 0.6 is 0 Å². The molecule has 0 bridgehead atoms. The summed E-state index contributed by atoms with van der Waals surface area (Å²) in [6.45, 7) is 10.2. The number of nitrogens with two attached hydrogens (primary N) is 1. The van der Waals surface area contributed by atoms with Gasteiger partial charge >= 0.3 is 0 Å². The first kappa shape index (κ1) is 20.0. The van der Waals surface area contributed by atoms with Gasteiger partial charge in [-0.3, -0.25) is 0 Å². The fourth-order valence-corrected chi connectivity index (χ4v) is 4.57. The third kappa shape index (κ3) is 3.79. The van der Waals surface area contributed by atoms with Crippen molar-refractivity contribution in [2.45, 2.75) is 45.2 Å². The van der Waals surface area contributed by atoms with Crippen molar-refractivity contribution in [3.8, 4) is 0 Å². The van der Waals surface area contributed by atoms with Gasteiger partial charge in [0.05, 0.1) is 12.2 Å². The van der Waals surface area contributed by atoms with Crippen LogP contribution in [0.4, 0.5) is 11.6 Å². The molecule has 3 heterocycles. The zero-order chi connectivity index (χ0) is 21.6. The molecular formula is C26H31N5. The van der Waals surface area contributed by atoms with E-state index in [4.69, 9.17) is 10.7 Å². The number of aryl methyl sites for hydroxylation is 1. The Hall–Kier alpha value is -2.92. The minimum Gasteiger partial charge on any atom is -0.365 e. The van der Waals surface area contributed by atoms with E-state index in [1.165, 1.54) is 27.9 Å². The first-order chi connectivity index (χ1) is 14.9. The fraction of sp³-hybridized carbons (Fsp3) is 0.385. The Morgan fingerprint density at radius 3 is 2.23 bits per heavy atom. The minimum atomic E-state index is -0.0269. The molecule has 0 spiro atoms. The highest BCUT2D eigenvalue weighted by Crippen LogP contribution is 2.33. The van der Waals surface area contributed by atoms with Crippen LogP contribution in [0, 0.1) is 6.92 Å². The molecule has 2 aliphatic rings. The summed E-state index contributed by atoms with van der Waals surface area (Å²) < 4.78 is 0. The topological polar surface area (TPSA) is 58.3 Å². The number of benzene rings is 2. The summed E-state index contributed by atoms with van der Waals surface area (Å²) in [5.41, 5.74) is 13.5. The smallest absolute Gasteiger partial charge is 0.225 e. The lowest BCUT2D eigenvalue weighted by molar-refractivity contribution is 0.506. The predicted octanol–water partition coefficient (Wildman–Crippen LogP) is 3.82. The minimum absolute atomic E-state index is 0.0269. The van der Waals surface area contributed by atoms with Crippen LogP contribution in [-0.4, -0.2) is 35.6 Å². The molecule has 1 fully saturated rings. The van der Waals surface area contributed by atoms with E-state index in [2.05, 4.69) is 84.1 Å². The van der Waals surface area contributed by atoms with Crippen LogP contribution in [0.3, 0.4) is 0 Å². The maximum absolute atomic E-state index is 5.92. The predicted molar refractivity (Wildman–Crippen MR) is 127 cm³/mol. The highest BCUT2D eigenvalue weighted by atomic mass is 15.3. The summed E-state index contributed by atoms with van der Waals surface area (Å²) in [7, 11) is 0. The molecule has 31 heavy (non-hydrogen) atoms. The van der Waals surface area contributed by atoms with Gasteiger partial charge in [-0.05, 0) is 42.2 Å². The molecular weight excluding hydrogens is 382 g/mol. The number of rotatable bonds is 4. The molecule has 2 aliphatic heterocycles. The lowest BCUT2D eigenvalue weighted by atomic mass is 9.78. The van der Waals surface area contributed by atoms with Gasteiger partial charge < -0.3 is 15.5 Å². The van der Waals surface area contributed by atoms with Gasteiger partial charge in [0.2, 0.25) is 5.95 Å². The lowest BCUT2D eigenvalue weighted by Gasteiger charge is -2.37. The number of nitrogens with zero attached hydrogens (tertiary/aromatic N) is 4. The zero-order valence-corrected chi connectivity index (χ0v) is 18.7. The van der Waals surface area contributed by atoms with E-state index in [1.54, 1.807) is 0 Å². The third-order valence-corrected chi connectivity index (χ3v) is 6.85. The molecule has 5 heteroatoms. The fourth-order valence-electron chi connectivity index (χ4n) is 4.57. The van der Waals surface area contributed by atoms with E-state index in [1.807, 2.05) is 6.20 Å². The van der Waals surface area contributed by atoms with Gasteiger partial charge in [-0.2, -0.15) is 0 Å². The summed E-state index contributed by atoms with van der Waals surface area (Å²) in [4.78, 5) is 14.0. The highest BCUT2D eigenvalue weighted by Gasteiger charge is 2.27. The maximum Gasteiger partial charge on any atom is 0.225 e. The van der Waals surface area contributed by atoms with Crippen LogP contribution in [0.5, 0.6) is 0 Å². The van der Waals surface area contributed by atoms with Crippen LogP contribution in [0.25, 0.3) is 0 Å². The second kappa shape index (κ2) is 7.65. The van der Waals surface area contributed by atoms with Crippen molar-refractivity contribution in [2.75, 3.05) is 29.4 Å². The van der Waals surface area contributed by atoms with E-state index in [0.717, 1.165) is 44.2 Å². The number of anilines is 2. The second-order valence-electron chi connectivity index (χ2n) is 9.52. The van der Waals surface area contributed by atoms with Gasteiger partial charge in [-0.25, -0.2) is 9.97 Å². The Bertz CT molecular complexity index is 1070. The molecule has 1 saturated heterocycles. The van der Waals surface area contributed by atoms with Crippen LogP contribution in [0.1, 0.15) is 41.8 Å². The summed E-state index contributed by atoms with van der Waals surface area (Å²) in [6, 6.07) is 18.2. The SMILES string of the molecule is Cc1ccc(C(C)(C)c2ccc(N3CCc4cnc(N5CC(N)C5)nc4C3)cc2)cc1. The van der Waals surface area contributed by atoms with Crippen LogP contribution in [0.15, 0.2) is 54.7 Å². The standard InChI is InChI=1S/C26H31N5/c1-18-4-6-20(7-5-18)26(2,3)21-8-10-23(11-9-21)30-13-12-19-14-28-25(29-24(19)17-30)31-15-22(27)16-31/h4-11,14,22H,12-13,15-17,27H2,1-3H3. The summed E-state index contributed by atoms with van der Waals surface area (Å²) in [5.74, 6) is 0.817. The van der Waals surface area contributed by atoms with Crippen molar-refractivity contribution in [1.82, 2.24) is 9.97 Å². The average molecular weight is 414 g/mol. The van der Waals surface area contributed by atoms with E-state index >= 15 is 0 Å². The van der Waals surface area contributed by atoms with Gasteiger partial charge in [0.25, 0.3) is 0 Å². The van der Waals surface area contributed by atoms with Crippen LogP contribution in [0.2, 0.25) is 0 Å². The van der Waals surface area contributed by atoms with E-state index in [-0.39, 0.29) is 11.5 Å². The largest absolute Gasteiger partial charge is 0.365 e. The summed E-state index contributed by atoms with van der Waals surface area (Å²) in [6.07, 6.45) is 2.98. The normalized spacial score (nSPS) is 16.8. The average Bonchev–Trinajstić information content (AvgIpc) is 2.76. The molecule has 2 aromatic carbocycles. The highest BCUT2D eigenvalue weighted by molar-refractivity contribution is 5.52. The molecule has 1 aromatic heterocycles. The van der Waals surface area contributed by atoms with Gasteiger partial charge in [-0.1, -0.05) is 55.8 Å². The summed E-state index contributed by atoms with van der Waals surface area (Å²) in [5, 5.41) is 0. The number of fused-ring (bicyclic) bond motifs is 1. The van der Waals surface area contributed by atoms with Gasteiger partial charge in [0, 0.05) is 43.0 Å².